The number of hydrogen-bond acceptors (Lipinski definition) is 6. The van der Waals surface area contributed by atoms with Gasteiger partial charge >= 0.3 is 11.8 Å². The predicted molar refractivity (Wildman–Crippen MR) is 137 cm³/mol. The molecular formula is C26H19ClN4O5. The number of hydrazone groups is 1. The molecule has 0 fully saturated rings. The van der Waals surface area contributed by atoms with E-state index in [2.05, 4.69) is 15.7 Å². The SMILES string of the molecule is Cc1ccc(NC(=O)c2ccccc2NC(=O)C(=O)N/N=C/c2coc3ccc(Cl)cc3c2=O)cc1. The Balaban J connectivity index is 1.42. The molecule has 3 aromatic carbocycles. The molecule has 3 N–H and O–H groups in total. The van der Waals surface area contributed by atoms with Gasteiger partial charge in [0.25, 0.3) is 5.91 Å². The van der Waals surface area contributed by atoms with Crippen LogP contribution < -0.4 is 21.5 Å². The lowest BCUT2D eigenvalue weighted by Crippen LogP contribution is -2.33. The second kappa shape index (κ2) is 10.7. The Morgan fingerprint density at radius 3 is 2.47 bits per heavy atom. The third kappa shape index (κ3) is 5.65. The highest BCUT2D eigenvalue weighted by Crippen LogP contribution is 2.18. The molecule has 180 valence electrons. The predicted octanol–water partition coefficient (Wildman–Crippen LogP) is 4.10. The Labute approximate surface area is 209 Å². The number of anilines is 2. The molecule has 0 atom stereocenters. The van der Waals surface area contributed by atoms with Gasteiger partial charge in [-0.25, -0.2) is 5.43 Å². The first-order valence-corrected chi connectivity index (χ1v) is 11.0. The van der Waals surface area contributed by atoms with Crippen LogP contribution in [0.15, 0.2) is 87.3 Å². The lowest BCUT2D eigenvalue weighted by atomic mass is 10.1. The minimum absolute atomic E-state index is 0.0450. The standard InChI is InChI=1S/C26H19ClN4O5/c1-15-6-9-18(10-7-15)29-24(33)19-4-2-3-5-21(19)30-25(34)26(35)31-28-13-16-14-36-22-11-8-17(27)12-20(22)23(16)32/h2-14H,1H3,(H,29,33)(H,30,34)(H,31,35)/b28-13+. The quantitative estimate of drug-likeness (QED) is 0.215. The van der Waals surface area contributed by atoms with Crippen molar-refractivity contribution in [3.63, 3.8) is 0 Å². The van der Waals surface area contributed by atoms with Gasteiger partial charge in [-0.2, -0.15) is 5.10 Å². The molecule has 1 aromatic heterocycles. The van der Waals surface area contributed by atoms with Crippen molar-refractivity contribution in [2.24, 2.45) is 5.10 Å². The van der Waals surface area contributed by atoms with E-state index in [4.69, 9.17) is 16.0 Å². The average Bonchev–Trinajstić information content (AvgIpc) is 2.87. The van der Waals surface area contributed by atoms with Crippen LogP contribution in [-0.2, 0) is 9.59 Å². The molecule has 0 aliphatic rings. The molecule has 0 saturated heterocycles. The van der Waals surface area contributed by atoms with E-state index in [1.807, 2.05) is 24.5 Å². The number of carbonyl (C=O) groups is 3. The molecular weight excluding hydrogens is 484 g/mol. The number of fused-ring (bicyclic) bond motifs is 1. The monoisotopic (exact) mass is 502 g/mol. The minimum Gasteiger partial charge on any atom is -0.463 e. The lowest BCUT2D eigenvalue weighted by molar-refractivity contribution is -0.136. The highest BCUT2D eigenvalue weighted by molar-refractivity contribution is 6.40. The largest absolute Gasteiger partial charge is 0.463 e. The zero-order valence-electron chi connectivity index (χ0n) is 18.9. The maximum atomic E-state index is 12.7. The Bertz CT molecular complexity index is 1560. The van der Waals surface area contributed by atoms with Gasteiger partial charge in [0.15, 0.2) is 0 Å². The molecule has 36 heavy (non-hydrogen) atoms. The van der Waals surface area contributed by atoms with Crippen molar-refractivity contribution in [1.29, 1.82) is 0 Å². The van der Waals surface area contributed by atoms with Crippen molar-refractivity contribution in [3.05, 3.63) is 105 Å². The number of para-hydroxylation sites is 1. The number of hydrogen-bond donors (Lipinski definition) is 3. The van der Waals surface area contributed by atoms with Crippen LogP contribution in [0.5, 0.6) is 0 Å². The van der Waals surface area contributed by atoms with E-state index in [1.165, 1.54) is 24.5 Å². The lowest BCUT2D eigenvalue weighted by Gasteiger charge is -2.11. The number of aryl methyl sites for hydroxylation is 1. The number of amides is 3. The summed E-state index contributed by atoms with van der Waals surface area (Å²) in [5.74, 6) is -2.62. The highest BCUT2D eigenvalue weighted by Gasteiger charge is 2.18. The Hall–Kier alpha value is -4.76. The third-order valence-electron chi connectivity index (χ3n) is 5.07. The molecule has 0 aliphatic carbocycles. The van der Waals surface area contributed by atoms with E-state index >= 15 is 0 Å². The third-order valence-corrected chi connectivity index (χ3v) is 5.30. The molecule has 10 heteroatoms. The van der Waals surface area contributed by atoms with Gasteiger partial charge in [-0.05, 0) is 49.4 Å². The van der Waals surface area contributed by atoms with Crippen molar-refractivity contribution in [2.75, 3.05) is 10.6 Å². The van der Waals surface area contributed by atoms with E-state index in [-0.39, 0.29) is 22.2 Å². The Morgan fingerprint density at radius 1 is 0.944 bits per heavy atom. The molecule has 3 amide bonds. The Morgan fingerprint density at radius 2 is 1.69 bits per heavy atom. The summed E-state index contributed by atoms with van der Waals surface area (Å²) in [5, 5.41) is 9.40. The van der Waals surface area contributed by atoms with Gasteiger partial charge in [0.1, 0.15) is 11.8 Å². The minimum atomic E-state index is -1.10. The van der Waals surface area contributed by atoms with E-state index in [1.54, 1.807) is 36.4 Å². The number of carbonyl (C=O) groups excluding carboxylic acids is 3. The van der Waals surface area contributed by atoms with Gasteiger partial charge in [0.05, 0.1) is 28.4 Å². The summed E-state index contributed by atoms with van der Waals surface area (Å²) in [6.45, 7) is 1.93. The number of rotatable bonds is 5. The summed E-state index contributed by atoms with van der Waals surface area (Å²) in [4.78, 5) is 49.9. The maximum absolute atomic E-state index is 12.7. The number of nitrogens with zero attached hydrogens (tertiary/aromatic N) is 1. The zero-order chi connectivity index (χ0) is 25.7. The van der Waals surface area contributed by atoms with E-state index in [0.29, 0.717) is 16.3 Å². The average molecular weight is 503 g/mol. The molecule has 0 aliphatic heterocycles. The fourth-order valence-corrected chi connectivity index (χ4v) is 3.40. The van der Waals surface area contributed by atoms with Crippen molar-refractivity contribution in [1.82, 2.24) is 5.43 Å². The van der Waals surface area contributed by atoms with Crippen LogP contribution >= 0.6 is 11.6 Å². The van der Waals surface area contributed by atoms with Gasteiger partial charge < -0.3 is 15.1 Å². The molecule has 0 spiro atoms. The smallest absolute Gasteiger partial charge is 0.329 e. The van der Waals surface area contributed by atoms with E-state index in [0.717, 1.165) is 11.8 Å². The molecule has 1 heterocycles. The second-order valence-corrected chi connectivity index (χ2v) is 8.12. The van der Waals surface area contributed by atoms with Gasteiger partial charge in [-0.15, -0.1) is 0 Å². The second-order valence-electron chi connectivity index (χ2n) is 7.68. The Kier molecular flexibility index (Phi) is 7.22. The molecule has 4 rings (SSSR count). The summed E-state index contributed by atoms with van der Waals surface area (Å²) < 4.78 is 5.37. The normalized spacial score (nSPS) is 10.8. The van der Waals surface area contributed by atoms with Crippen LogP contribution in [0.25, 0.3) is 11.0 Å². The van der Waals surface area contributed by atoms with Gasteiger partial charge in [-0.1, -0.05) is 41.4 Å². The molecule has 0 bridgehead atoms. The summed E-state index contributed by atoms with van der Waals surface area (Å²) >= 11 is 5.93. The van der Waals surface area contributed by atoms with Crippen LogP contribution in [0, 0.1) is 6.92 Å². The van der Waals surface area contributed by atoms with E-state index in [9.17, 15) is 19.2 Å². The van der Waals surface area contributed by atoms with Gasteiger partial charge in [0.2, 0.25) is 5.43 Å². The van der Waals surface area contributed by atoms with Crippen molar-refractivity contribution in [3.8, 4) is 0 Å². The van der Waals surface area contributed by atoms with Gasteiger partial charge in [-0.3, -0.25) is 19.2 Å². The maximum Gasteiger partial charge on any atom is 0.329 e. The van der Waals surface area contributed by atoms with E-state index < -0.39 is 23.2 Å². The first-order chi connectivity index (χ1) is 17.3. The first-order valence-electron chi connectivity index (χ1n) is 10.6. The summed E-state index contributed by atoms with van der Waals surface area (Å²) in [7, 11) is 0. The van der Waals surface area contributed by atoms with Crippen molar-refractivity contribution in [2.45, 2.75) is 6.92 Å². The highest BCUT2D eigenvalue weighted by atomic mass is 35.5. The molecule has 9 nitrogen and oxygen atoms in total. The molecule has 0 unspecified atom stereocenters. The van der Waals surface area contributed by atoms with Gasteiger partial charge in [0, 0.05) is 10.7 Å². The first kappa shape index (κ1) is 24.4. The van der Waals surface area contributed by atoms with Crippen molar-refractivity contribution < 1.29 is 18.8 Å². The summed E-state index contributed by atoms with van der Waals surface area (Å²) in [6.07, 6.45) is 2.23. The molecule has 0 saturated carbocycles. The zero-order valence-corrected chi connectivity index (χ0v) is 19.6. The van der Waals surface area contributed by atoms with Crippen LogP contribution in [0.3, 0.4) is 0 Å². The van der Waals surface area contributed by atoms with Crippen molar-refractivity contribution >= 4 is 57.9 Å². The van der Waals surface area contributed by atoms with Crippen LogP contribution in [0.1, 0.15) is 21.5 Å². The molecule has 4 aromatic rings. The number of halogens is 1. The number of nitrogens with one attached hydrogen (secondary N) is 3. The van der Waals surface area contributed by atoms with Crippen LogP contribution in [0.4, 0.5) is 11.4 Å². The van der Waals surface area contributed by atoms with Crippen LogP contribution in [-0.4, -0.2) is 23.9 Å². The topological polar surface area (TPSA) is 130 Å². The fraction of sp³-hybridized carbons (Fsp3) is 0.0385. The van der Waals surface area contributed by atoms with Crippen LogP contribution in [0.2, 0.25) is 5.02 Å². The fourth-order valence-electron chi connectivity index (χ4n) is 3.22. The summed E-state index contributed by atoms with van der Waals surface area (Å²) in [5.41, 5.74) is 3.95. The molecule has 0 radical (unpaired) electrons. The summed E-state index contributed by atoms with van der Waals surface area (Å²) in [6, 6.07) is 18.1. The number of benzene rings is 3.